The minimum Gasteiger partial charge on any atom is -0.352 e. The molecule has 1 saturated heterocycles. The van der Waals surface area contributed by atoms with Crippen LogP contribution in [0.25, 0.3) is 0 Å². The molecule has 4 nitrogen and oxygen atoms in total. The van der Waals surface area contributed by atoms with Gasteiger partial charge in [-0.2, -0.15) is 0 Å². The summed E-state index contributed by atoms with van der Waals surface area (Å²) < 4.78 is 0. The SMILES string of the molecule is C=C(CNC1CC1)CN1CCC(NC(C)=O)C1. The molecule has 2 N–H and O–H groups in total. The van der Waals surface area contributed by atoms with Gasteiger partial charge < -0.3 is 10.6 Å². The van der Waals surface area contributed by atoms with E-state index < -0.39 is 0 Å². The summed E-state index contributed by atoms with van der Waals surface area (Å²) in [5.41, 5.74) is 1.25. The second kappa shape index (κ2) is 5.65. The number of nitrogens with one attached hydrogen (secondary N) is 2. The van der Waals surface area contributed by atoms with E-state index >= 15 is 0 Å². The number of carbonyl (C=O) groups excluding carboxylic acids is 1. The van der Waals surface area contributed by atoms with Gasteiger partial charge in [-0.25, -0.2) is 0 Å². The molecule has 1 heterocycles. The lowest BCUT2D eigenvalue weighted by atomic mass is 10.2. The Morgan fingerprint density at radius 3 is 2.76 bits per heavy atom. The molecular weight excluding hydrogens is 214 g/mol. The normalized spacial score (nSPS) is 24.9. The Labute approximate surface area is 103 Å². The molecule has 0 radical (unpaired) electrons. The van der Waals surface area contributed by atoms with Crippen LogP contribution in [0, 0.1) is 0 Å². The highest BCUT2D eigenvalue weighted by molar-refractivity contribution is 5.73. The van der Waals surface area contributed by atoms with Crippen LogP contribution in [0.15, 0.2) is 12.2 Å². The molecule has 1 atom stereocenters. The summed E-state index contributed by atoms with van der Waals surface area (Å²) in [6.07, 6.45) is 3.70. The fourth-order valence-corrected chi connectivity index (χ4v) is 2.33. The van der Waals surface area contributed by atoms with E-state index in [9.17, 15) is 4.79 Å². The lowest BCUT2D eigenvalue weighted by molar-refractivity contribution is -0.119. The molecule has 1 saturated carbocycles. The second-order valence-electron chi connectivity index (χ2n) is 5.33. The number of hydrogen-bond donors (Lipinski definition) is 2. The topological polar surface area (TPSA) is 44.4 Å². The summed E-state index contributed by atoms with van der Waals surface area (Å²) >= 11 is 0. The van der Waals surface area contributed by atoms with Crippen molar-refractivity contribution in [2.45, 2.75) is 38.3 Å². The third-order valence-corrected chi connectivity index (χ3v) is 3.35. The van der Waals surface area contributed by atoms with E-state index in [1.807, 2.05) is 0 Å². The van der Waals surface area contributed by atoms with Crippen LogP contribution < -0.4 is 10.6 Å². The van der Waals surface area contributed by atoms with Crippen LogP contribution in [0.2, 0.25) is 0 Å². The van der Waals surface area contributed by atoms with Crippen LogP contribution in [-0.2, 0) is 4.79 Å². The van der Waals surface area contributed by atoms with E-state index in [-0.39, 0.29) is 5.91 Å². The van der Waals surface area contributed by atoms with Crippen LogP contribution >= 0.6 is 0 Å². The van der Waals surface area contributed by atoms with Crippen molar-refractivity contribution in [2.75, 3.05) is 26.2 Å². The first-order valence-electron chi connectivity index (χ1n) is 6.53. The molecule has 0 bridgehead atoms. The van der Waals surface area contributed by atoms with Gasteiger partial charge in [0.05, 0.1) is 0 Å². The zero-order valence-electron chi connectivity index (χ0n) is 10.7. The molecule has 17 heavy (non-hydrogen) atoms. The summed E-state index contributed by atoms with van der Waals surface area (Å²) in [7, 11) is 0. The number of amides is 1. The van der Waals surface area contributed by atoms with Crippen LogP contribution in [0.4, 0.5) is 0 Å². The van der Waals surface area contributed by atoms with E-state index in [1.54, 1.807) is 6.92 Å². The van der Waals surface area contributed by atoms with E-state index in [0.717, 1.165) is 38.6 Å². The van der Waals surface area contributed by atoms with E-state index in [1.165, 1.54) is 18.4 Å². The van der Waals surface area contributed by atoms with Gasteiger partial charge in [0.25, 0.3) is 0 Å². The van der Waals surface area contributed by atoms with Crippen molar-refractivity contribution in [2.24, 2.45) is 0 Å². The Morgan fingerprint density at radius 1 is 1.35 bits per heavy atom. The quantitative estimate of drug-likeness (QED) is 0.661. The third-order valence-electron chi connectivity index (χ3n) is 3.35. The number of likely N-dealkylation sites (tertiary alicyclic amines) is 1. The first kappa shape index (κ1) is 12.6. The van der Waals surface area contributed by atoms with Gasteiger partial charge in [-0.05, 0) is 24.8 Å². The number of rotatable bonds is 6. The Kier molecular flexibility index (Phi) is 4.18. The average molecular weight is 237 g/mol. The number of carbonyl (C=O) groups is 1. The van der Waals surface area contributed by atoms with Crippen LogP contribution in [0.3, 0.4) is 0 Å². The van der Waals surface area contributed by atoms with Crippen molar-refractivity contribution >= 4 is 5.91 Å². The lowest BCUT2D eigenvalue weighted by Crippen LogP contribution is -2.36. The molecule has 2 rings (SSSR count). The highest BCUT2D eigenvalue weighted by Crippen LogP contribution is 2.18. The maximum Gasteiger partial charge on any atom is 0.217 e. The first-order chi connectivity index (χ1) is 8.13. The minimum absolute atomic E-state index is 0.0751. The first-order valence-corrected chi connectivity index (χ1v) is 6.53. The molecule has 0 aromatic heterocycles. The van der Waals surface area contributed by atoms with E-state index in [0.29, 0.717) is 6.04 Å². The third kappa shape index (κ3) is 4.48. The predicted molar refractivity (Wildman–Crippen MR) is 68.8 cm³/mol. The van der Waals surface area contributed by atoms with Gasteiger partial charge in [0.2, 0.25) is 5.91 Å². The smallest absolute Gasteiger partial charge is 0.217 e. The lowest BCUT2D eigenvalue weighted by Gasteiger charge is -2.18. The molecule has 1 amide bonds. The Hall–Kier alpha value is -0.870. The molecule has 1 unspecified atom stereocenters. The van der Waals surface area contributed by atoms with Gasteiger partial charge in [0.1, 0.15) is 0 Å². The van der Waals surface area contributed by atoms with Gasteiger partial charge in [0.15, 0.2) is 0 Å². The molecule has 4 heteroatoms. The fraction of sp³-hybridized carbons (Fsp3) is 0.769. The van der Waals surface area contributed by atoms with Crippen molar-refractivity contribution in [1.29, 1.82) is 0 Å². The average Bonchev–Trinajstić information content (AvgIpc) is 2.98. The molecule has 0 spiro atoms. The second-order valence-corrected chi connectivity index (χ2v) is 5.33. The van der Waals surface area contributed by atoms with E-state index in [4.69, 9.17) is 0 Å². The maximum absolute atomic E-state index is 11.0. The highest BCUT2D eigenvalue weighted by atomic mass is 16.1. The highest BCUT2D eigenvalue weighted by Gasteiger charge is 2.24. The van der Waals surface area contributed by atoms with Crippen LogP contribution in [-0.4, -0.2) is 49.1 Å². The van der Waals surface area contributed by atoms with Crippen LogP contribution in [0.5, 0.6) is 0 Å². The fourth-order valence-electron chi connectivity index (χ4n) is 2.33. The molecule has 96 valence electrons. The monoisotopic (exact) mass is 237 g/mol. The standard InChI is InChI=1S/C13H23N3O/c1-10(7-14-12-3-4-12)8-16-6-5-13(9-16)15-11(2)17/h12-14H,1,3-9H2,2H3,(H,15,17). The summed E-state index contributed by atoms with van der Waals surface area (Å²) in [6, 6.07) is 1.08. The van der Waals surface area contributed by atoms with Crippen molar-refractivity contribution in [3.8, 4) is 0 Å². The molecule has 1 aliphatic heterocycles. The predicted octanol–water partition coefficient (Wildman–Crippen LogP) is 0.505. The summed E-state index contributed by atoms with van der Waals surface area (Å²) in [5.74, 6) is 0.0751. The van der Waals surface area contributed by atoms with Gasteiger partial charge in [-0.1, -0.05) is 6.58 Å². The Bertz CT molecular complexity index is 299. The van der Waals surface area contributed by atoms with Crippen molar-refractivity contribution in [3.05, 3.63) is 12.2 Å². The van der Waals surface area contributed by atoms with Crippen molar-refractivity contribution in [1.82, 2.24) is 15.5 Å². The number of nitrogens with zero attached hydrogens (tertiary/aromatic N) is 1. The van der Waals surface area contributed by atoms with E-state index in [2.05, 4.69) is 22.1 Å². The minimum atomic E-state index is 0.0751. The zero-order chi connectivity index (χ0) is 12.3. The molecule has 2 fully saturated rings. The van der Waals surface area contributed by atoms with Crippen molar-refractivity contribution < 1.29 is 4.79 Å². The van der Waals surface area contributed by atoms with Gasteiger partial charge in [-0.3, -0.25) is 9.69 Å². The van der Waals surface area contributed by atoms with Gasteiger partial charge in [0, 0.05) is 45.2 Å². The number of hydrogen-bond acceptors (Lipinski definition) is 3. The van der Waals surface area contributed by atoms with Gasteiger partial charge in [-0.15, -0.1) is 0 Å². The molecule has 2 aliphatic rings. The van der Waals surface area contributed by atoms with Crippen LogP contribution in [0.1, 0.15) is 26.2 Å². The van der Waals surface area contributed by atoms with Crippen molar-refractivity contribution in [3.63, 3.8) is 0 Å². The Balaban J connectivity index is 1.62. The molecule has 0 aromatic rings. The summed E-state index contributed by atoms with van der Waals surface area (Å²) in [5, 5.41) is 6.46. The maximum atomic E-state index is 11.0. The zero-order valence-corrected chi connectivity index (χ0v) is 10.7. The summed E-state index contributed by atoms with van der Waals surface area (Å²) in [6.45, 7) is 9.61. The molecule has 1 aliphatic carbocycles. The summed E-state index contributed by atoms with van der Waals surface area (Å²) in [4.78, 5) is 13.3. The van der Waals surface area contributed by atoms with Gasteiger partial charge >= 0.3 is 0 Å². The largest absolute Gasteiger partial charge is 0.352 e. The Morgan fingerprint density at radius 2 is 2.12 bits per heavy atom. The molecular formula is C13H23N3O. The molecule has 0 aromatic carbocycles.